The van der Waals surface area contributed by atoms with E-state index in [0.717, 1.165) is 12.7 Å². The van der Waals surface area contributed by atoms with Gasteiger partial charge in [-0.1, -0.05) is 80.6 Å². The van der Waals surface area contributed by atoms with Gasteiger partial charge in [-0.15, -0.1) is 0 Å². The van der Waals surface area contributed by atoms with Gasteiger partial charge in [-0.25, -0.2) is 0 Å². The molecule has 1 nitrogen and oxygen atoms in total. The zero-order valence-electron chi connectivity index (χ0n) is 12.0. The first-order chi connectivity index (χ1) is 9.62. The van der Waals surface area contributed by atoms with Crippen molar-refractivity contribution in [3.05, 3.63) is 77.9 Å². The summed E-state index contributed by atoms with van der Waals surface area (Å²) in [5, 5.41) is 0. The highest BCUT2D eigenvalue weighted by atomic mass is 16.1. The topological polar surface area (TPSA) is 17.1 Å². The maximum atomic E-state index is 11.1. The van der Waals surface area contributed by atoms with Gasteiger partial charge in [0.25, 0.3) is 0 Å². The molecule has 0 radical (unpaired) electrons. The number of aldehydes is 1. The molecule has 2 aromatic rings. The minimum absolute atomic E-state index is 0.325. The fraction of sp³-hybridized carbons (Fsp3) is 0.211. The van der Waals surface area contributed by atoms with Crippen molar-refractivity contribution in [2.24, 2.45) is 5.41 Å². The summed E-state index contributed by atoms with van der Waals surface area (Å²) in [7, 11) is 0. The Morgan fingerprint density at radius 1 is 0.900 bits per heavy atom. The average molecular weight is 264 g/mol. The summed E-state index contributed by atoms with van der Waals surface area (Å²) in [5.41, 5.74) is 3.22. The molecule has 0 atom stereocenters. The molecule has 0 bridgehead atoms. The molecular formula is C19H20O. The van der Waals surface area contributed by atoms with E-state index in [2.05, 4.69) is 30.3 Å². The first-order valence-electron chi connectivity index (χ1n) is 6.90. The Balaban J connectivity index is 2.40. The molecule has 0 spiro atoms. The summed E-state index contributed by atoms with van der Waals surface area (Å²) >= 11 is 0. The van der Waals surface area contributed by atoms with Crippen LogP contribution in [-0.4, -0.2) is 6.29 Å². The zero-order chi connectivity index (χ0) is 14.4. The predicted octanol–water partition coefficient (Wildman–Crippen LogP) is 4.73. The summed E-state index contributed by atoms with van der Waals surface area (Å²) in [6.07, 6.45) is 3.92. The predicted molar refractivity (Wildman–Crippen MR) is 84.4 cm³/mol. The minimum atomic E-state index is -0.325. The van der Waals surface area contributed by atoms with Gasteiger partial charge < -0.3 is 4.79 Å². The van der Waals surface area contributed by atoms with E-state index in [1.165, 1.54) is 16.7 Å². The largest absolute Gasteiger partial charge is 0.303 e. The monoisotopic (exact) mass is 264 g/mol. The third kappa shape index (κ3) is 3.67. The lowest BCUT2D eigenvalue weighted by Gasteiger charge is -2.16. The van der Waals surface area contributed by atoms with Gasteiger partial charge in [0.2, 0.25) is 0 Å². The quantitative estimate of drug-likeness (QED) is 0.713. The Labute approximate surface area is 121 Å². The summed E-state index contributed by atoms with van der Waals surface area (Å²) in [6.45, 7) is 3.92. The van der Waals surface area contributed by atoms with Gasteiger partial charge in [0.05, 0.1) is 0 Å². The smallest absolute Gasteiger partial charge is 0.125 e. The highest BCUT2D eigenvalue weighted by molar-refractivity contribution is 5.80. The van der Waals surface area contributed by atoms with Crippen LogP contribution in [0.5, 0.6) is 0 Å². The molecule has 0 aromatic heterocycles. The molecule has 102 valence electrons. The number of hydrogen-bond donors (Lipinski definition) is 0. The van der Waals surface area contributed by atoms with Crippen LogP contribution in [-0.2, 0) is 4.79 Å². The maximum absolute atomic E-state index is 11.1. The van der Waals surface area contributed by atoms with Crippen LogP contribution in [0.25, 0.3) is 5.57 Å². The van der Waals surface area contributed by atoms with Crippen molar-refractivity contribution in [2.75, 3.05) is 0 Å². The highest BCUT2D eigenvalue weighted by Gasteiger charge is 2.15. The van der Waals surface area contributed by atoms with E-state index in [-0.39, 0.29) is 5.41 Å². The second-order valence-electron chi connectivity index (χ2n) is 5.66. The van der Waals surface area contributed by atoms with Crippen LogP contribution < -0.4 is 0 Å². The third-order valence-electron chi connectivity index (χ3n) is 3.32. The second kappa shape index (κ2) is 6.33. The van der Waals surface area contributed by atoms with Gasteiger partial charge in [-0.3, -0.25) is 0 Å². The highest BCUT2D eigenvalue weighted by Crippen LogP contribution is 2.27. The Morgan fingerprint density at radius 2 is 1.35 bits per heavy atom. The number of carbonyl (C=O) groups excluding carboxylic acids is 1. The first kappa shape index (κ1) is 14.3. The van der Waals surface area contributed by atoms with E-state index in [1.54, 1.807) is 0 Å². The van der Waals surface area contributed by atoms with Crippen molar-refractivity contribution in [2.45, 2.75) is 20.3 Å². The summed E-state index contributed by atoms with van der Waals surface area (Å²) in [5.74, 6) is 0. The molecule has 0 N–H and O–H groups in total. The van der Waals surface area contributed by atoms with Crippen LogP contribution >= 0.6 is 0 Å². The Hall–Kier alpha value is -2.15. The van der Waals surface area contributed by atoms with Gasteiger partial charge >= 0.3 is 0 Å². The second-order valence-corrected chi connectivity index (χ2v) is 5.66. The lowest BCUT2D eigenvalue weighted by atomic mass is 9.88. The molecule has 20 heavy (non-hydrogen) atoms. The van der Waals surface area contributed by atoms with Gasteiger partial charge in [0.15, 0.2) is 0 Å². The van der Waals surface area contributed by atoms with Crippen molar-refractivity contribution >= 4 is 11.9 Å². The molecular weight excluding hydrogens is 244 g/mol. The Morgan fingerprint density at radius 3 is 1.75 bits per heavy atom. The van der Waals surface area contributed by atoms with Crippen LogP contribution in [0.4, 0.5) is 0 Å². The summed E-state index contributed by atoms with van der Waals surface area (Å²) in [4.78, 5) is 11.1. The van der Waals surface area contributed by atoms with Crippen LogP contribution in [0.1, 0.15) is 31.4 Å². The number of carbonyl (C=O) groups is 1. The van der Waals surface area contributed by atoms with Gasteiger partial charge in [0.1, 0.15) is 6.29 Å². The van der Waals surface area contributed by atoms with Crippen LogP contribution in [0.15, 0.2) is 66.7 Å². The van der Waals surface area contributed by atoms with Crippen molar-refractivity contribution < 1.29 is 4.79 Å². The molecule has 0 aliphatic carbocycles. The Bertz CT molecular complexity index is 538. The normalized spacial score (nSPS) is 10.9. The molecule has 0 fully saturated rings. The molecule has 0 saturated heterocycles. The molecule has 0 aliphatic heterocycles. The minimum Gasteiger partial charge on any atom is -0.303 e. The van der Waals surface area contributed by atoms with Crippen LogP contribution in [0.3, 0.4) is 0 Å². The van der Waals surface area contributed by atoms with E-state index < -0.39 is 0 Å². The molecule has 1 heteroatoms. The van der Waals surface area contributed by atoms with Crippen molar-refractivity contribution in [3.63, 3.8) is 0 Å². The molecule has 0 unspecified atom stereocenters. The molecule has 0 amide bonds. The number of benzene rings is 2. The third-order valence-corrected chi connectivity index (χ3v) is 3.32. The van der Waals surface area contributed by atoms with Crippen LogP contribution in [0, 0.1) is 5.41 Å². The average Bonchev–Trinajstić information content (AvgIpc) is 2.49. The standard InChI is InChI=1S/C19H20O/c1-19(2,15-20)14-13-18(16-9-5-3-6-10-16)17-11-7-4-8-12-17/h3-13,15H,14H2,1-2H3. The van der Waals surface area contributed by atoms with Crippen molar-refractivity contribution in [3.8, 4) is 0 Å². The van der Waals surface area contributed by atoms with Gasteiger partial charge in [-0.05, 0) is 23.1 Å². The first-order valence-corrected chi connectivity index (χ1v) is 6.90. The maximum Gasteiger partial charge on any atom is 0.125 e. The molecule has 2 aromatic carbocycles. The number of rotatable bonds is 5. The molecule has 0 heterocycles. The molecule has 2 rings (SSSR count). The summed E-state index contributed by atoms with van der Waals surface area (Å²) in [6, 6.07) is 20.6. The molecule has 0 aliphatic rings. The fourth-order valence-electron chi connectivity index (χ4n) is 2.05. The lowest BCUT2D eigenvalue weighted by molar-refractivity contribution is -0.114. The van der Waals surface area contributed by atoms with Gasteiger partial charge in [-0.2, -0.15) is 0 Å². The number of allylic oxidation sites excluding steroid dienone is 1. The van der Waals surface area contributed by atoms with Crippen molar-refractivity contribution in [1.82, 2.24) is 0 Å². The molecule has 0 saturated carbocycles. The van der Waals surface area contributed by atoms with E-state index in [9.17, 15) is 4.79 Å². The summed E-state index contributed by atoms with van der Waals surface area (Å²) < 4.78 is 0. The lowest BCUT2D eigenvalue weighted by Crippen LogP contribution is -2.11. The van der Waals surface area contributed by atoms with Crippen LogP contribution in [0.2, 0.25) is 0 Å². The van der Waals surface area contributed by atoms with E-state index >= 15 is 0 Å². The van der Waals surface area contributed by atoms with E-state index in [1.807, 2.05) is 50.2 Å². The fourth-order valence-corrected chi connectivity index (χ4v) is 2.05. The van der Waals surface area contributed by atoms with E-state index in [0.29, 0.717) is 0 Å². The number of hydrogen-bond acceptors (Lipinski definition) is 1. The SMILES string of the molecule is CC(C)(C=O)CC=C(c1ccccc1)c1ccccc1. The Kier molecular flexibility index (Phi) is 4.52. The van der Waals surface area contributed by atoms with Crippen molar-refractivity contribution in [1.29, 1.82) is 0 Å². The van der Waals surface area contributed by atoms with E-state index in [4.69, 9.17) is 0 Å². The van der Waals surface area contributed by atoms with Gasteiger partial charge in [0, 0.05) is 5.41 Å². The zero-order valence-corrected chi connectivity index (χ0v) is 12.0.